The molecule has 2 amide bonds. The fraction of sp³-hybridized carbons (Fsp3) is 0.550. The molecular weight excluding hydrogens is 330 g/mol. The molecule has 1 fully saturated rings. The fourth-order valence-electron chi connectivity index (χ4n) is 3.56. The number of urea groups is 1. The number of carbonyl (C=O) groups excluding carboxylic acids is 2. The van der Waals surface area contributed by atoms with Crippen LogP contribution in [0.15, 0.2) is 35.4 Å². The summed E-state index contributed by atoms with van der Waals surface area (Å²) in [5.41, 5.74) is 8.47. The number of hydrogen-bond acceptors (Lipinski definition) is 4. The predicted molar refractivity (Wildman–Crippen MR) is 102 cm³/mol. The van der Waals surface area contributed by atoms with Gasteiger partial charge in [0.05, 0.1) is 12.1 Å². The van der Waals surface area contributed by atoms with Crippen LogP contribution < -0.4 is 11.2 Å². The smallest absolute Gasteiger partial charge is 0.332 e. The summed E-state index contributed by atoms with van der Waals surface area (Å²) in [6, 6.07) is 8.45. The molecule has 1 aliphatic rings. The molecule has 0 bridgehead atoms. The first-order valence-corrected chi connectivity index (χ1v) is 9.23. The Morgan fingerprint density at radius 2 is 1.96 bits per heavy atom. The monoisotopic (exact) mass is 359 g/mol. The van der Waals surface area contributed by atoms with Gasteiger partial charge in [0.15, 0.2) is 0 Å². The van der Waals surface area contributed by atoms with Crippen molar-refractivity contribution >= 4 is 17.7 Å². The predicted octanol–water partition coefficient (Wildman–Crippen LogP) is 3.45. The van der Waals surface area contributed by atoms with Crippen LogP contribution >= 0.6 is 0 Å². The third-order valence-electron chi connectivity index (χ3n) is 4.96. The number of benzene rings is 1. The molecule has 2 rings (SSSR count). The van der Waals surface area contributed by atoms with E-state index in [0.29, 0.717) is 23.5 Å². The lowest BCUT2D eigenvalue weighted by Gasteiger charge is -2.36. The second-order valence-electron chi connectivity index (χ2n) is 7.43. The van der Waals surface area contributed by atoms with Gasteiger partial charge in [-0.1, -0.05) is 57.5 Å². The molecule has 0 heterocycles. The zero-order chi connectivity index (χ0) is 19.1. The molecule has 3 N–H and O–H groups in total. The van der Waals surface area contributed by atoms with Gasteiger partial charge in [0.25, 0.3) is 0 Å². The topological polar surface area (TPSA) is 93.8 Å². The number of hydrogen-bond donors (Lipinski definition) is 2. The van der Waals surface area contributed by atoms with Gasteiger partial charge in [0.1, 0.15) is 6.10 Å². The second kappa shape index (κ2) is 9.36. The van der Waals surface area contributed by atoms with Crippen molar-refractivity contribution in [2.45, 2.75) is 52.6 Å². The summed E-state index contributed by atoms with van der Waals surface area (Å²) < 4.78 is 5.83. The first kappa shape index (κ1) is 19.9. The molecule has 3 atom stereocenters. The van der Waals surface area contributed by atoms with Gasteiger partial charge in [-0.05, 0) is 36.2 Å². The van der Waals surface area contributed by atoms with Crippen LogP contribution in [0.4, 0.5) is 4.79 Å². The summed E-state index contributed by atoms with van der Waals surface area (Å²) in [6.07, 6.45) is 3.08. The second-order valence-corrected chi connectivity index (χ2v) is 7.43. The maximum absolute atomic E-state index is 12.6. The summed E-state index contributed by atoms with van der Waals surface area (Å²) in [5.74, 6) is 1.08. The summed E-state index contributed by atoms with van der Waals surface area (Å²) in [5, 5.41) is 3.99. The van der Waals surface area contributed by atoms with Gasteiger partial charge in [-0.15, -0.1) is 0 Å². The average molecular weight is 359 g/mol. The molecule has 0 aromatic heterocycles. The quantitative estimate of drug-likeness (QED) is 0.463. The van der Waals surface area contributed by atoms with Crippen molar-refractivity contribution in [1.29, 1.82) is 0 Å². The molecule has 1 aromatic carbocycles. The highest BCUT2D eigenvalue weighted by atomic mass is 16.5. The van der Waals surface area contributed by atoms with Crippen LogP contribution in [0, 0.1) is 17.8 Å². The number of carbonyl (C=O) groups is 2. The molecule has 1 saturated carbocycles. The van der Waals surface area contributed by atoms with Gasteiger partial charge >= 0.3 is 12.0 Å². The molecule has 6 heteroatoms. The Hall–Kier alpha value is -2.37. The van der Waals surface area contributed by atoms with E-state index >= 15 is 0 Å². The fourth-order valence-corrected chi connectivity index (χ4v) is 3.56. The number of esters is 1. The summed E-state index contributed by atoms with van der Waals surface area (Å²) >= 11 is 0. The van der Waals surface area contributed by atoms with Gasteiger partial charge in [-0.2, -0.15) is 5.10 Å². The lowest BCUT2D eigenvalue weighted by Crippen LogP contribution is -2.36. The summed E-state index contributed by atoms with van der Waals surface area (Å²) in [4.78, 5) is 23.5. The van der Waals surface area contributed by atoms with Crippen molar-refractivity contribution < 1.29 is 14.3 Å². The number of hydrazone groups is 1. The molecule has 1 aromatic rings. The minimum atomic E-state index is -0.771. The Kier molecular flexibility index (Phi) is 7.18. The molecule has 0 aliphatic heterocycles. The molecule has 0 unspecified atom stereocenters. The van der Waals surface area contributed by atoms with E-state index in [1.165, 1.54) is 6.42 Å². The molecule has 6 nitrogen and oxygen atoms in total. The highest BCUT2D eigenvalue weighted by Gasteiger charge is 2.33. The van der Waals surface area contributed by atoms with Crippen LogP contribution in [0.2, 0.25) is 0 Å². The van der Waals surface area contributed by atoms with Crippen molar-refractivity contribution in [3.8, 4) is 0 Å². The van der Waals surface area contributed by atoms with Gasteiger partial charge in [-0.3, -0.25) is 4.79 Å². The summed E-state index contributed by atoms with van der Waals surface area (Å²) in [6.45, 7) is 6.55. The highest BCUT2D eigenvalue weighted by Crippen LogP contribution is 2.35. The van der Waals surface area contributed by atoms with Crippen LogP contribution in [0.1, 0.15) is 52.0 Å². The Labute approximate surface area is 155 Å². The van der Waals surface area contributed by atoms with Crippen molar-refractivity contribution in [1.82, 2.24) is 5.43 Å². The molecule has 0 spiro atoms. The zero-order valence-electron chi connectivity index (χ0n) is 15.8. The number of rotatable bonds is 6. The third kappa shape index (κ3) is 5.86. The van der Waals surface area contributed by atoms with Crippen molar-refractivity contribution in [3.05, 3.63) is 35.9 Å². The third-order valence-corrected chi connectivity index (χ3v) is 4.96. The van der Waals surface area contributed by atoms with Gasteiger partial charge in [0, 0.05) is 0 Å². The number of ether oxygens (including phenoxy) is 1. The summed E-state index contributed by atoms with van der Waals surface area (Å²) in [7, 11) is 0. The molecular formula is C20H29N3O3. The number of nitrogens with two attached hydrogens (primary N) is 1. The normalized spacial score (nSPS) is 23.5. The first-order valence-electron chi connectivity index (χ1n) is 9.23. The van der Waals surface area contributed by atoms with E-state index in [-0.39, 0.29) is 18.5 Å². The number of amides is 2. The van der Waals surface area contributed by atoms with E-state index in [4.69, 9.17) is 10.5 Å². The Bertz CT molecular complexity index is 643. The van der Waals surface area contributed by atoms with Gasteiger partial charge in [0.2, 0.25) is 0 Å². The van der Waals surface area contributed by atoms with Crippen LogP contribution in [0.25, 0.3) is 0 Å². The Morgan fingerprint density at radius 3 is 2.58 bits per heavy atom. The van der Waals surface area contributed by atoms with E-state index in [1.54, 1.807) is 0 Å². The van der Waals surface area contributed by atoms with Crippen LogP contribution in [0.5, 0.6) is 0 Å². The van der Waals surface area contributed by atoms with Gasteiger partial charge in [-0.25, -0.2) is 10.2 Å². The SMILES string of the molecule is CC(C)[C@H]1CC[C@@H](C)C[C@H]1OC(=O)CC(=NNC(N)=O)c1ccccc1. The maximum atomic E-state index is 12.6. The number of nitrogens with one attached hydrogen (secondary N) is 1. The molecule has 142 valence electrons. The molecule has 26 heavy (non-hydrogen) atoms. The first-order chi connectivity index (χ1) is 12.4. The van der Waals surface area contributed by atoms with Gasteiger partial charge < -0.3 is 10.5 Å². The molecule has 1 aliphatic carbocycles. The number of nitrogens with zero attached hydrogens (tertiary/aromatic N) is 1. The van der Waals surface area contributed by atoms with E-state index in [9.17, 15) is 9.59 Å². The minimum absolute atomic E-state index is 0.0139. The highest BCUT2D eigenvalue weighted by molar-refractivity contribution is 6.09. The zero-order valence-corrected chi connectivity index (χ0v) is 15.8. The van der Waals surface area contributed by atoms with Crippen molar-refractivity contribution in [3.63, 3.8) is 0 Å². The van der Waals surface area contributed by atoms with Crippen molar-refractivity contribution in [2.24, 2.45) is 28.6 Å². The lowest BCUT2D eigenvalue weighted by atomic mass is 9.75. The van der Waals surface area contributed by atoms with E-state index in [0.717, 1.165) is 18.4 Å². The lowest BCUT2D eigenvalue weighted by molar-refractivity contribution is -0.154. The Morgan fingerprint density at radius 1 is 1.27 bits per heavy atom. The maximum Gasteiger partial charge on any atom is 0.332 e. The standard InChI is InChI=1S/C20H29N3O3/c1-13(2)16-10-9-14(3)11-18(16)26-19(24)12-17(22-23-20(21)25)15-7-5-4-6-8-15/h4-8,13-14,16,18H,9-12H2,1-3H3,(H3,21,23,25)/t14-,16-,18-/m1/s1. The molecule has 0 saturated heterocycles. The van der Waals surface area contributed by atoms with E-state index in [2.05, 4.69) is 31.3 Å². The largest absolute Gasteiger partial charge is 0.462 e. The minimum Gasteiger partial charge on any atom is -0.462 e. The average Bonchev–Trinajstić information content (AvgIpc) is 2.59. The van der Waals surface area contributed by atoms with Crippen LogP contribution in [-0.4, -0.2) is 23.8 Å². The van der Waals surface area contributed by atoms with E-state index < -0.39 is 6.03 Å². The van der Waals surface area contributed by atoms with Crippen LogP contribution in [0.3, 0.4) is 0 Å². The van der Waals surface area contributed by atoms with E-state index in [1.807, 2.05) is 30.3 Å². The van der Waals surface area contributed by atoms with Crippen LogP contribution in [-0.2, 0) is 9.53 Å². The number of primary amides is 1. The Balaban J connectivity index is 2.08. The van der Waals surface area contributed by atoms with Crippen molar-refractivity contribution in [2.75, 3.05) is 0 Å². The molecule has 0 radical (unpaired) electrons.